The second-order valence-corrected chi connectivity index (χ2v) is 6.93. The third kappa shape index (κ3) is 1.77. The van der Waals surface area contributed by atoms with Crippen LogP contribution in [-0.2, 0) is 10.0 Å². The van der Waals surface area contributed by atoms with Crippen molar-refractivity contribution in [3.05, 3.63) is 30.3 Å². The number of aliphatic hydroxyl groups excluding tert-OH is 1. The van der Waals surface area contributed by atoms with Crippen LogP contribution >= 0.6 is 0 Å². The van der Waals surface area contributed by atoms with E-state index in [-0.39, 0.29) is 12.1 Å². The van der Waals surface area contributed by atoms with Gasteiger partial charge in [-0.1, -0.05) is 18.2 Å². The maximum Gasteiger partial charge on any atom is 0.243 e. The van der Waals surface area contributed by atoms with Crippen molar-refractivity contribution in [2.75, 3.05) is 0 Å². The highest BCUT2D eigenvalue weighted by Gasteiger charge is 2.47. The van der Waals surface area contributed by atoms with E-state index in [1.54, 1.807) is 34.6 Å². The SMILES string of the molecule is O=S(=O)(c1ccccc1)N1C2CCC(O)[C@@H]1CC2. The van der Waals surface area contributed by atoms with E-state index in [9.17, 15) is 13.5 Å². The third-order valence-corrected chi connectivity index (χ3v) is 6.03. The van der Waals surface area contributed by atoms with Gasteiger partial charge in [-0.3, -0.25) is 0 Å². The quantitative estimate of drug-likeness (QED) is 0.880. The first kappa shape index (κ1) is 12.1. The van der Waals surface area contributed by atoms with Crippen molar-refractivity contribution < 1.29 is 13.5 Å². The average molecular weight is 267 g/mol. The van der Waals surface area contributed by atoms with E-state index in [2.05, 4.69) is 0 Å². The zero-order valence-electron chi connectivity index (χ0n) is 10.1. The van der Waals surface area contributed by atoms with Gasteiger partial charge in [-0.15, -0.1) is 0 Å². The van der Waals surface area contributed by atoms with Gasteiger partial charge < -0.3 is 5.11 Å². The number of hydrogen-bond acceptors (Lipinski definition) is 3. The molecule has 1 aromatic rings. The van der Waals surface area contributed by atoms with Crippen LogP contribution in [0.25, 0.3) is 0 Å². The predicted molar refractivity (Wildman–Crippen MR) is 67.5 cm³/mol. The van der Waals surface area contributed by atoms with Crippen LogP contribution in [-0.4, -0.2) is 36.0 Å². The van der Waals surface area contributed by atoms with Crippen LogP contribution in [0.3, 0.4) is 0 Å². The number of sulfonamides is 1. The Balaban J connectivity index is 2.00. The normalized spacial score (nSPS) is 32.6. The first-order valence-corrected chi connectivity index (χ1v) is 7.81. The minimum atomic E-state index is -3.46. The highest BCUT2D eigenvalue weighted by atomic mass is 32.2. The van der Waals surface area contributed by atoms with Gasteiger partial charge in [-0.25, -0.2) is 8.42 Å². The van der Waals surface area contributed by atoms with Crippen molar-refractivity contribution in [3.8, 4) is 0 Å². The molecular formula is C13H17NO3S. The Hall–Kier alpha value is -0.910. The molecule has 0 spiro atoms. The topological polar surface area (TPSA) is 57.6 Å². The molecular weight excluding hydrogens is 250 g/mol. The maximum absolute atomic E-state index is 12.6. The van der Waals surface area contributed by atoms with E-state index in [1.807, 2.05) is 0 Å². The molecule has 3 atom stereocenters. The highest BCUT2D eigenvalue weighted by molar-refractivity contribution is 7.89. The average Bonchev–Trinajstić information content (AvgIpc) is 2.73. The molecule has 2 bridgehead atoms. The van der Waals surface area contributed by atoms with Crippen LogP contribution in [0.4, 0.5) is 0 Å². The zero-order valence-corrected chi connectivity index (χ0v) is 10.9. The van der Waals surface area contributed by atoms with Gasteiger partial charge in [-0.05, 0) is 37.8 Å². The molecule has 0 aliphatic carbocycles. The summed E-state index contributed by atoms with van der Waals surface area (Å²) in [5.41, 5.74) is 0. The Morgan fingerprint density at radius 2 is 1.72 bits per heavy atom. The minimum absolute atomic E-state index is 0.0728. The first-order valence-electron chi connectivity index (χ1n) is 6.37. The Kier molecular flexibility index (Phi) is 2.92. The van der Waals surface area contributed by atoms with Gasteiger partial charge in [0.2, 0.25) is 10.0 Å². The standard InChI is InChI=1S/C13H17NO3S/c15-13-9-7-10-6-8-12(13)14(10)18(16,17)11-4-2-1-3-5-11/h1-5,10,12-13,15H,6-9H2/t10?,12-,13?/m0/s1. The van der Waals surface area contributed by atoms with Gasteiger partial charge in [0.25, 0.3) is 0 Å². The smallest absolute Gasteiger partial charge is 0.243 e. The third-order valence-electron chi connectivity index (χ3n) is 4.04. The summed E-state index contributed by atoms with van der Waals surface area (Å²) in [6.45, 7) is 0. The Morgan fingerprint density at radius 3 is 2.44 bits per heavy atom. The van der Waals surface area contributed by atoms with Gasteiger partial charge in [0.1, 0.15) is 0 Å². The number of rotatable bonds is 2. The van der Waals surface area contributed by atoms with E-state index < -0.39 is 16.1 Å². The summed E-state index contributed by atoms with van der Waals surface area (Å²) in [5.74, 6) is 0. The van der Waals surface area contributed by atoms with Crippen LogP contribution in [0.15, 0.2) is 35.2 Å². The monoisotopic (exact) mass is 267 g/mol. The number of benzene rings is 1. The van der Waals surface area contributed by atoms with Crippen molar-refractivity contribution in [3.63, 3.8) is 0 Å². The fourth-order valence-electron chi connectivity index (χ4n) is 3.17. The zero-order chi connectivity index (χ0) is 12.8. The summed E-state index contributed by atoms with van der Waals surface area (Å²) in [6, 6.07) is 8.35. The molecule has 3 rings (SSSR count). The first-order chi connectivity index (χ1) is 8.60. The number of fused-ring (bicyclic) bond motifs is 2. The van der Waals surface area contributed by atoms with E-state index >= 15 is 0 Å². The van der Waals surface area contributed by atoms with Crippen molar-refractivity contribution >= 4 is 10.0 Å². The maximum atomic E-state index is 12.6. The second kappa shape index (κ2) is 4.33. The predicted octanol–water partition coefficient (Wildman–Crippen LogP) is 1.36. The summed E-state index contributed by atoms with van der Waals surface area (Å²) < 4.78 is 26.8. The van der Waals surface area contributed by atoms with E-state index in [0.717, 1.165) is 25.7 Å². The number of piperidine rings is 1. The lowest BCUT2D eigenvalue weighted by atomic mass is 10.0. The fourth-order valence-corrected chi connectivity index (χ4v) is 5.12. The van der Waals surface area contributed by atoms with Gasteiger partial charge in [0.05, 0.1) is 17.0 Å². The molecule has 2 saturated heterocycles. The molecule has 0 amide bonds. The molecule has 2 aliphatic heterocycles. The van der Waals surface area contributed by atoms with Crippen molar-refractivity contribution in [1.82, 2.24) is 4.31 Å². The molecule has 5 heteroatoms. The van der Waals surface area contributed by atoms with Crippen molar-refractivity contribution in [2.45, 2.75) is 48.8 Å². The summed E-state index contributed by atoms with van der Waals surface area (Å²) in [4.78, 5) is 0.330. The largest absolute Gasteiger partial charge is 0.391 e. The highest BCUT2D eigenvalue weighted by Crippen LogP contribution is 2.39. The lowest BCUT2D eigenvalue weighted by molar-refractivity contribution is 0.0582. The summed E-state index contributed by atoms with van der Waals surface area (Å²) in [6.07, 6.45) is 2.62. The minimum Gasteiger partial charge on any atom is -0.391 e. The molecule has 2 unspecified atom stereocenters. The molecule has 0 saturated carbocycles. The Morgan fingerprint density at radius 1 is 1.06 bits per heavy atom. The molecule has 4 nitrogen and oxygen atoms in total. The van der Waals surface area contributed by atoms with Gasteiger partial charge in [0, 0.05) is 6.04 Å². The van der Waals surface area contributed by atoms with Crippen LogP contribution in [0, 0.1) is 0 Å². The number of nitrogens with zero attached hydrogens (tertiary/aromatic N) is 1. The summed E-state index contributed by atoms with van der Waals surface area (Å²) in [7, 11) is -3.46. The van der Waals surface area contributed by atoms with Gasteiger partial charge in [-0.2, -0.15) is 4.31 Å². The van der Waals surface area contributed by atoms with Crippen molar-refractivity contribution in [2.24, 2.45) is 0 Å². The Labute approximate surface area is 107 Å². The van der Waals surface area contributed by atoms with E-state index in [0.29, 0.717) is 4.90 Å². The molecule has 2 fully saturated rings. The molecule has 1 N–H and O–H groups in total. The molecule has 2 aliphatic rings. The lowest BCUT2D eigenvalue weighted by Gasteiger charge is -2.36. The fraction of sp³-hybridized carbons (Fsp3) is 0.538. The van der Waals surface area contributed by atoms with Crippen LogP contribution < -0.4 is 0 Å². The van der Waals surface area contributed by atoms with Gasteiger partial charge >= 0.3 is 0 Å². The van der Waals surface area contributed by atoms with Gasteiger partial charge in [0.15, 0.2) is 0 Å². The number of hydrogen-bond donors (Lipinski definition) is 1. The molecule has 2 heterocycles. The summed E-state index contributed by atoms with van der Waals surface area (Å²) >= 11 is 0. The molecule has 0 aromatic heterocycles. The van der Waals surface area contributed by atoms with Crippen LogP contribution in [0.5, 0.6) is 0 Å². The molecule has 0 radical (unpaired) electrons. The summed E-state index contributed by atoms with van der Waals surface area (Å²) in [5, 5.41) is 9.97. The second-order valence-electron chi connectivity index (χ2n) is 5.09. The number of aliphatic hydroxyl groups is 1. The molecule has 1 aromatic carbocycles. The van der Waals surface area contributed by atoms with Crippen molar-refractivity contribution in [1.29, 1.82) is 0 Å². The molecule has 98 valence electrons. The Bertz CT molecular complexity index is 528. The van der Waals surface area contributed by atoms with E-state index in [1.165, 1.54) is 0 Å². The van der Waals surface area contributed by atoms with E-state index in [4.69, 9.17) is 0 Å². The lowest BCUT2D eigenvalue weighted by Crippen LogP contribution is -2.50. The molecule has 18 heavy (non-hydrogen) atoms. The van der Waals surface area contributed by atoms with Crippen LogP contribution in [0.1, 0.15) is 25.7 Å². The van der Waals surface area contributed by atoms with Crippen LogP contribution in [0.2, 0.25) is 0 Å².